The molecule has 0 unspecified atom stereocenters. The zero-order chi connectivity index (χ0) is 21.5. The minimum Gasteiger partial charge on any atom is -0.484 e. The van der Waals surface area contributed by atoms with Gasteiger partial charge in [0.05, 0.1) is 13.0 Å². The molecule has 2 aromatic rings. The smallest absolute Gasteiger partial charge is 0.484 e. The number of fused-ring (bicyclic) bond motifs is 1. The fraction of sp³-hybridized carbons (Fsp3) is 0.571. The van der Waals surface area contributed by atoms with Crippen molar-refractivity contribution in [3.05, 3.63) is 54.4 Å². The minimum absolute atomic E-state index is 0. The molecule has 2 aromatic carbocycles. The van der Waals surface area contributed by atoms with Gasteiger partial charge in [0.1, 0.15) is 0 Å². The van der Waals surface area contributed by atoms with E-state index in [0.29, 0.717) is 5.90 Å². The number of rotatable bonds is 4. The summed E-state index contributed by atoms with van der Waals surface area (Å²) < 4.78 is 4.96. The van der Waals surface area contributed by atoms with Crippen LogP contribution >= 0.6 is 0 Å². The van der Waals surface area contributed by atoms with Crippen LogP contribution in [0.5, 0.6) is 0 Å². The van der Waals surface area contributed by atoms with Crippen LogP contribution in [0, 0.1) is 66.8 Å². The first-order valence-corrected chi connectivity index (χ1v) is 12.3. The first-order chi connectivity index (χ1) is 15.2. The summed E-state index contributed by atoms with van der Waals surface area (Å²) >= 11 is 0. The number of nitrogens with zero attached hydrogens (tertiary/aromatic N) is 1. The maximum Gasteiger partial charge on any atom is 2.00 e. The Balaban J connectivity index is 0.000000193. The van der Waals surface area contributed by atoms with Gasteiger partial charge in [-0.15, -0.1) is 16.8 Å². The normalized spacial score (nSPS) is 20.5. The quantitative estimate of drug-likeness (QED) is 0.227. The predicted octanol–water partition coefficient (Wildman–Crippen LogP) is 6.66. The molecule has 3 aliphatic rings. The van der Waals surface area contributed by atoms with Crippen molar-refractivity contribution in [2.45, 2.75) is 64.3 Å². The van der Waals surface area contributed by atoms with Crippen molar-refractivity contribution in [1.82, 2.24) is 4.90 Å². The van der Waals surface area contributed by atoms with Gasteiger partial charge in [0.25, 0.3) is 0 Å². The van der Waals surface area contributed by atoms with Gasteiger partial charge in [-0.2, -0.15) is 37.1 Å². The first-order valence-electron chi connectivity index (χ1n) is 12.3. The number of methoxy groups -OCH3 is 1. The van der Waals surface area contributed by atoms with Gasteiger partial charge >= 0.3 is 31.1 Å². The zero-order valence-corrected chi connectivity index (χ0v) is 23.8. The molecule has 0 aromatic heterocycles. The van der Waals surface area contributed by atoms with E-state index in [2.05, 4.69) is 41.7 Å². The number of benzene rings is 2. The van der Waals surface area contributed by atoms with E-state index in [1.165, 1.54) is 61.3 Å². The van der Waals surface area contributed by atoms with Crippen LogP contribution in [0.2, 0.25) is 0 Å². The molecule has 0 bridgehead atoms. The molecule has 3 nitrogen and oxygen atoms in total. The number of hydrogen-bond acceptors (Lipinski definition) is 3. The van der Waals surface area contributed by atoms with Gasteiger partial charge in [0.15, 0.2) is 5.90 Å². The van der Waals surface area contributed by atoms with Crippen molar-refractivity contribution in [1.29, 1.82) is 5.41 Å². The monoisotopic (exact) mass is 656 g/mol. The molecule has 0 atom stereocenters. The van der Waals surface area contributed by atoms with E-state index in [1.807, 2.05) is 12.1 Å². The molecular weight excluding hydrogens is 618 g/mol. The van der Waals surface area contributed by atoms with E-state index in [1.54, 1.807) is 20.0 Å². The molecule has 1 aliphatic heterocycles. The number of nitrogens with one attached hydrogen (secondary N) is 1. The van der Waals surface area contributed by atoms with E-state index in [4.69, 9.17) is 10.1 Å². The van der Waals surface area contributed by atoms with Crippen molar-refractivity contribution in [3.63, 3.8) is 0 Å². The molecule has 2 saturated carbocycles. The molecule has 1 N–H and O–H groups in total. The summed E-state index contributed by atoms with van der Waals surface area (Å²) in [6, 6.07) is 15.7. The van der Waals surface area contributed by atoms with Gasteiger partial charge in [-0.05, 0) is 17.4 Å². The Bertz CT molecular complexity index is 820. The molecule has 2 aliphatic carbocycles. The summed E-state index contributed by atoms with van der Waals surface area (Å²) in [5.74, 6) is 2.91. The second kappa shape index (κ2) is 13.2. The predicted molar refractivity (Wildman–Crippen MR) is 129 cm³/mol. The average Bonchev–Trinajstić information content (AvgIpc) is 2.82. The van der Waals surface area contributed by atoms with Crippen molar-refractivity contribution in [2.75, 3.05) is 20.2 Å². The summed E-state index contributed by atoms with van der Waals surface area (Å²) in [5.41, 5.74) is 1.32. The Labute approximate surface area is 218 Å². The Morgan fingerprint density at radius 2 is 1.75 bits per heavy atom. The topological polar surface area (TPSA) is 36.3 Å². The fourth-order valence-corrected chi connectivity index (χ4v) is 5.59. The molecule has 3 fully saturated rings. The molecule has 32 heavy (non-hydrogen) atoms. The summed E-state index contributed by atoms with van der Waals surface area (Å²) in [5, 5.41) is 10.1. The van der Waals surface area contributed by atoms with E-state index >= 15 is 0 Å². The second-order valence-electron chi connectivity index (χ2n) is 9.67. The zero-order valence-electron chi connectivity index (χ0n) is 19.6. The van der Waals surface area contributed by atoms with Crippen LogP contribution in [0.25, 0.3) is 10.8 Å². The van der Waals surface area contributed by atoms with Gasteiger partial charge in [0, 0.05) is 19.6 Å². The van der Waals surface area contributed by atoms with Gasteiger partial charge in [-0.25, -0.2) is 0 Å². The Morgan fingerprint density at radius 3 is 2.47 bits per heavy atom. The largest absolute Gasteiger partial charge is 2.00 e. The molecule has 0 spiro atoms. The molecular formula is C28H38N2OU. The summed E-state index contributed by atoms with van der Waals surface area (Å²) in [4.78, 5) is 2.34. The summed E-state index contributed by atoms with van der Waals surface area (Å²) in [6.45, 7) is 2.79. The second-order valence-corrected chi connectivity index (χ2v) is 9.67. The third-order valence-corrected chi connectivity index (χ3v) is 7.50. The van der Waals surface area contributed by atoms with Gasteiger partial charge < -0.3 is 11.2 Å². The van der Waals surface area contributed by atoms with E-state index in [0.717, 1.165) is 31.5 Å². The summed E-state index contributed by atoms with van der Waals surface area (Å²) in [7, 11) is 1.57. The van der Waals surface area contributed by atoms with Crippen LogP contribution in [-0.2, 0) is 11.3 Å². The minimum atomic E-state index is 0. The maximum atomic E-state index is 7.62. The van der Waals surface area contributed by atoms with E-state index in [-0.39, 0.29) is 37.0 Å². The molecule has 0 amide bonds. The van der Waals surface area contributed by atoms with Crippen LogP contribution in [0.15, 0.2) is 36.4 Å². The van der Waals surface area contributed by atoms with Crippen molar-refractivity contribution in [2.24, 2.45) is 17.8 Å². The average molecular weight is 657 g/mol. The van der Waals surface area contributed by atoms with E-state index in [9.17, 15) is 0 Å². The van der Waals surface area contributed by atoms with Crippen LogP contribution in [-0.4, -0.2) is 31.0 Å². The van der Waals surface area contributed by atoms with Crippen LogP contribution in [0.4, 0.5) is 0 Å². The number of likely N-dealkylation sites (tertiary alicyclic amines) is 1. The molecule has 4 heteroatoms. The van der Waals surface area contributed by atoms with E-state index < -0.39 is 0 Å². The SMILES string of the molecule is COC(=N)C1CN(Cc2ccc3c[c-]ccc3c2)C1.[CH-]1CCC(C2CCCCC2)CC1.[U+2]. The number of ether oxygens (including phenoxy) is 1. The molecule has 1 heterocycles. The third-order valence-electron chi connectivity index (χ3n) is 7.50. The Hall–Kier alpha value is -0.818. The molecule has 170 valence electrons. The van der Waals surface area contributed by atoms with Crippen LogP contribution < -0.4 is 0 Å². The Morgan fingerprint density at radius 1 is 1.03 bits per heavy atom. The van der Waals surface area contributed by atoms with Gasteiger partial charge in [-0.3, -0.25) is 10.3 Å². The maximum absolute atomic E-state index is 7.62. The third kappa shape index (κ3) is 7.09. The first kappa shape index (κ1) is 25.8. The van der Waals surface area contributed by atoms with Crippen molar-refractivity contribution < 1.29 is 35.9 Å². The van der Waals surface area contributed by atoms with Crippen molar-refractivity contribution in [3.8, 4) is 0 Å². The van der Waals surface area contributed by atoms with Crippen LogP contribution in [0.1, 0.15) is 63.4 Å². The van der Waals surface area contributed by atoms with Crippen molar-refractivity contribution >= 4 is 16.7 Å². The van der Waals surface area contributed by atoms with Gasteiger partial charge in [-0.1, -0.05) is 57.1 Å². The summed E-state index contributed by atoms with van der Waals surface area (Å²) in [6.07, 6.45) is 15.9. The number of hydrogen-bond donors (Lipinski definition) is 1. The molecule has 0 radical (unpaired) electrons. The van der Waals surface area contributed by atoms with Gasteiger partial charge in [0.2, 0.25) is 0 Å². The molecule has 5 rings (SSSR count). The standard InChI is InChI=1S/C16H17N2O.C12H21.U/c1-19-16(17)15-10-18(11-15)9-12-6-7-13-4-2-3-5-14(13)8-12;1-3-7-11(8-4-1)12-9-5-2-6-10-12;/h3-8,15,17H,9-11H2,1H3;1,11-12H,2-10H2;/q2*-1;+2. The fourth-order valence-electron chi connectivity index (χ4n) is 5.59. The Kier molecular flexibility index (Phi) is 10.6. The van der Waals surface area contributed by atoms with Crippen LogP contribution in [0.3, 0.4) is 0 Å². The molecule has 1 saturated heterocycles.